The number of hydrogen-bond acceptors (Lipinski definition) is 5. The zero-order valence-corrected chi connectivity index (χ0v) is 12.3. The van der Waals surface area contributed by atoms with Crippen LogP contribution in [0.2, 0.25) is 0 Å². The van der Waals surface area contributed by atoms with Crippen LogP contribution in [0.15, 0.2) is 12.3 Å². The van der Waals surface area contributed by atoms with Crippen LogP contribution in [0.5, 0.6) is 0 Å². The maximum absolute atomic E-state index is 12.5. The van der Waals surface area contributed by atoms with Crippen LogP contribution in [0.25, 0.3) is 0 Å². The molecule has 0 atom stereocenters. The summed E-state index contributed by atoms with van der Waals surface area (Å²) in [6.45, 7) is 1.81. The number of amides is 1. The molecule has 0 saturated carbocycles. The minimum atomic E-state index is -0.576. The highest BCUT2D eigenvalue weighted by Crippen LogP contribution is 2.23. The molecule has 0 aliphatic carbocycles. The fourth-order valence-electron chi connectivity index (χ4n) is 2.16. The van der Waals surface area contributed by atoms with Gasteiger partial charge in [0.1, 0.15) is 5.69 Å². The van der Waals surface area contributed by atoms with Gasteiger partial charge in [-0.1, -0.05) is 0 Å². The molecule has 9 nitrogen and oxygen atoms in total. The average molecular weight is 292 g/mol. The molecule has 1 amide bonds. The maximum atomic E-state index is 12.5. The largest absolute Gasteiger partial charge is 0.334 e. The molecule has 0 N–H and O–H groups in total. The van der Waals surface area contributed by atoms with Crippen molar-refractivity contribution in [2.24, 2.45) is 14.1 Å². The third-order valence-electron chi connectivity index (χ3n) is 3.24. The van der Waals surface area contributed by atoms with Crippen molar-refractivity contribution in [3.63, 3.8) is 0 Å². The van der Waals surface area contributed by atoms with Gasteiger partial charge in [0.05, 0.1) is 17.2 Å². The van der Waals surface area contributed by atoms with E-state index in [0.29, 0.717) is 6.54 Å². The van der Waals surface area contributed by atoms with Crippen molar-refractivity contribution >= 4 is 11.6 Å². The first kappa shape index (κ1) is 14.7. The lowest BCUT2D eigenvalue weighted by Crippen LogP contribution is -2.29. The summed E-state index contributed by atoms with van der Waals surface area (Å²) in [4.78, 5) is 24.4. The first-order chi connectivity index (χ1) is 9.82. The molecule has 0 aliphatic heterocycles. The fourth-order valence-corrected chi connectivity index (χ4v) is 2.16. The molecule has 21 heavy (non-hydrogen) atoms. The standard InChI is InChI=1S/C12H16N6O3/c1-8-10(18(20)21)11(17(4)14-8)12(19)15(2)7-9-5-6-13-16(9)3/h5-6H,7H2,1-4H3. The predicted octanol–water partition coefficient (Wildman–Crippen LogP) is 0.642. The van der Waals surface area contributed by atoms with Gasteiger partial charge in [-0.25, -0.2) is 0 Å². The van der Waals surface area contributed by atoms with E-state index in [2.05, 4.69) is 10.2 Å². The maximum Gasteiger partial charge on any atom is 0.322 e. The van der Waals surface area contributed by atoms with E-state index in [-0.39, 0.29) is 17.1 Å². The van der Waals surface area contributed by atoms with Crippen LogP contribution in [0.4, 0.5) is 5.69 Å². The van der Waals surface area contributed by atoms with Gasteiger partial charge in [-0.15, -0.1) is 0 Å². The fraction of sp³-hybridized carbons (Fsp3) is 0.417. The van der Waals surface area contributed by atoms with E-state index < -0.39 is 10.8 Å². The Balaban J connectivity index is 2.32. The molecule has 2 aromatic heterocycles. The molecule has 2 aromatic rings. The minimum Gasteiger partial charge on any atom is -0.334 e. The van der Waals surface area contributed by atoms with Gasteiger partial charge < -0.3 is 4.90 Å². The third kappa shape index (κ3) is 2.62. The Hall–Kier alpha value is -2.71. The Kier molecular flexibility index (Phi) is 3.74. The van der Waals surface area contributed by atoms with Crippen molar-refractivity contribution in [2.75, 3.05) is 7.05 Å². The summed E-state index contributed by atoms with van der Waals surface area (Å²) in [6, 6.07) is 1.78. The monoisotopic (exact) mass is 292 g/mol. The van der Waals surface area contributed by atoms with Gasteiger partial charge in [-0.3, -0.25) is 24.3 Å². The second-order valence-corrected chi connectivity index (χ2v) is 4.77. The molecule has 0 saturated heterocycles. The van der Waals surface area contributed by atoms with E-state index in [1.165, 1.54) is 23.6 Å². The number of hydrogen-bond donors (Lipinski definition) is 0. The molecule has 112 valence electrons. The summed E-state index contributed by atoms with van der Waals surface area (Å²) in [5.41, 5.74) is 0.772. The molecule has 0 unspecified atom stereocenters. The lowest BCUT2D eigenvalue weighted by atomic mass is 10.2. The van der Waals surface area contributed by atoms with Crippen molar-refractivity contribution in [1.82, 2.24) is 24.5 Å². The summed E-state index contributed by atoms with van der Waals surface area (Å²) in [5.74, 6) is -0.453. The van der Waals surface area contributed by atoms with E-state index in [1.807, 2.05) is 0 Å². The van der Waals surface area contributed by atoms with E-state index in [0.717, 1.165) is 5.69 Å². The topological polar surface area (TPSA) is 99.1 Å². The minimum absolute atomic E-state index is 0.0258. The zero-order chi connectivity index (χ0) is 15.7. The lowest BCUT2D eigenvalue weighted by Gasteiger charge is -2.16. The van der Waals surface area contributed by atoms with Crippen molar-refractivity contribution in [2.45, 2.75) is 13.5 Å². The number of nitrogens with zero attached hydrogens (tertiary/aromatic N) is 6. The molecule has 0 fully saturated rings. The van der Waals surface area contributed by atoms with Crippen LogP contribution in [-0.2, 0) is 20.6 Å². The van der Waals surface area contributed by atoms with Gasteiger partial charge in [0.2, 0.25) is 5.69 Å². The first-order valence-corrected chi connectivity index (χ1v) is 6.23. The Labute approximate surface area is 120 Å². The van der Waals surface area contributed by atoms with Crippen LogP contribution in [-0.4, -0.2) is 42.3 Å². The summed E-state index contributed by atoms with van der Waals surface area (Å²) in [6.07, 6.45) is 1.63. The highest BCUT2D eigenvalue weighted by atomic mass is 16.6. The highest BCUT2D eigenvalue weighted by Gasteiger charge is 2.31. The normalized spacial score (nSPS) is 10.7. The summed E-state index contributed by atoms with van der Waals surface area (Å²) >= 11 is 0. The van der Waals surface area contributed by atoms with Gasteiger partial charge in [-0.05, 0) is 13.0 Å². The van der Waals surface area contributed by atoms with E-state index in [4.69, 9.17) is 0 Å². The molecule has 0 aromatic carbocycles. The Morgan fingerprint density at radius 3 is 2.62 bits per heavy atom. The van der Waals surface area contributed by atoms with Crippen molar-refractivity contribution in [3.8, 4) is 0 Å². The number of aryl methyl sites for hydroxylation is 3. The van der Waals surface area contributed by atoms with E-state index in [9.17, 15) is 14.9 Å². The Morgan fingerprint density at radius 2 is 2.10 bits per heavy atom. The second kappa shape index (κ2) is 5.35. The lowest BCUT2D eigenvalue weighted by molar-refractivity contribution is -0.385. The van der Waals surface area contributed by atoms with Gasteiger partial charge >= 0.3 is 5.69 Å². The number of nitro groups is 1. The van der Waals surface area contributed by atoms with Crippen LogP contribution in [0, 0.1) is 17.0 Å². The number of carbonyl (C=O) groups is 1. The van der Waals surface area contributed by atoms with Crippen LogP contribution in [0.3, 0.4) is 0 Å². The van der Waals surface area contributed by atoms with Crippen molar-refractivity contribution in [1.29, 1.82) is 0 Å². The van der Waals surface area contributed by atoms with Gasteiger partial charge in [0.25, 0.3) is 5.91 Å². The summed E-state index contributed by atoms with van der Waals surface area (Å²) < 4.78 is 2.89. The molecule has 0 aliphatic rings. The predicted molar refractivity (Wildman–Crippen MR) is 73.6 cm³/mol. The van der Waals surface area contributed by atoms with Crippen molar-refractivity contribution in [3.05, 3.63) is 39.5 Å². The van der Waals surface area contributed by atoms with Gasteiger partial charge in [0, 0.05) is 27.3 Å². The number of rotatable bonds is 4. The highest BCUT2D eigenvalue weighted by molar-refractivity contribution is 5.96. The number of carbonyl (C=O) groups excluding carboxylic acids is 1. The third-order valence-corrected chi connectivity index (χ3v) is 3.24. The van der Waals surface area contributed by atoms with Crippen molar-refractivity contribution < 1.29 is 9.72 Å². The summed E-state index contributed by atoms with van der Waals surface area (Å²) in [5, 5.41) is 19.1. The molecule has 9 heteroatoms. The Morgan fingerprint density at radius 1 is 1.43 bits per heavy atom. The Bertz CT molecular complexity index is 702. The molecular formula is C12H16N6O3. The molecule has 2 rings (SSSR count). The van der Waals surface area contributed by atoms with Crippen LogP contribution < -0.4 is 0 Å². The molecule has 2 heterocycles. The van der Waals surface area contributed by atoms with Gasteiger partial charge in [0.15, 0.2) is 0 Å². The number of aromatic nitrogens is 4. The quantitative estimate of drug-likeness (QED) is 0.608. The SMILES string of the molecule is Cc1nn(C)c(C(=O)N(C)Cc2ccnn2C)c1[N+](=O)[O-]. The molecule has 0 radical (unpaired) electrons. The van der Waals surface area contributed by atoms with E-state index >= 15 is 0 Å². The van der Waals surface area contributed by atoms with Gasteiger partial charge in [-0.2, -0.15) is 10.2 Å². The second-order valence-electron chi connectivity index (χ2n) is 4.77. The smallest absolute Gasteiger partial charge is 0.322 e. The zero-order valence-electron chi connectivity index (χ0n) is 12.3. The molecule has 0 bridgehead atoms. The van der Waals surface area contributed by atoms with Crippen LogP contribution >= 0.6 is 0 Å². The summed E-state index contributed by atoms with van der Waals surface area (Å²) in [7, 11) is 4.87. The first-order valence-electron chi connectivity index (χ1n) is 6.23. The van der Waals surface area contributed by atoms with E-state index in [1.54, 1.807) is 31.0 Å². The van der Waals surface area contributed by atoms with Crippen LogP contribution in [0.1, 0.15) is 21.9 Å². The average Bonchev–Trinajstić information content (AvgIpc) is 2.92. The molecule has 0 spiro atoms. The molecular weight excluding hydrogens is 276 g/mol.